The standard InChI is InChI=1S/C11H14ClN3O3/c1-7-11(2,3-4-18-7)14-10-6-8(15(16)17)5-9(12)13-10/h5-7H,3-4H2,1-2H3,(H,13,14). The van der Waals surface area contributed by atoms with Crippen molar-refractivity contribution in [1.29, 1.82) is 0 Å². The minimum atomic E-state index is -0.490. The van der Waals surface area contributed by atoms with Gasteiger partial charge in [-0.25, -0.2) is 4.98 Å². The molecule has 1 saturated heterocycles. The van der Waals surface area contributed by atoms with E-state index in [4.69, 9.17) is 16.3 Å². The molecule has 0 aromatic carbocycles. The number of hydrogen-bond donors (Lipinski definition) is 1. The van der Waals surface area contributed by atoms with Crippen LogP contribution in [0.15, 0.2) is 12.1 Å². The number of nitro groups is 1. The first-order valence-corrected chi connectivity index (χ1v) is 6.00. The number of hydrogen-bond acceptors (Lipinski definition) is 5. The number of anilines is 1. The predicted octanol–water partition coefficient (Wildman–Crippen LogP) is 2.62. The number of halogens is 1. The van der Waals surface area contributed by atoms with Crippen LogP contribution in [-0.4, -0.2) is 28.2 Å². The predicted molar refractivity (Wildman–Crippen MR) is 68.0 cm³/mol. The monoisotopic (exact) mass is 271 g/mol. The first-order chi connectivity index (χ1) is 8.40. The van der Waals surface area contributed by atoms with Crippen molar-refractivity contribution in [2.45, 2.75) is 31.9 Å². The molecule has 18 heavy (non-hydrogen) atoms. The van der Waals surface area contributed by atoms with Crippen LogP contribution in [-0.2, 0) is 4.74 Å². The fourth-order valence-electron chi connectivity index (χ4n) is 1.94. The number of nitrogens with one attached hydrogen (secondary N) is 1. The first-order valence-electron chi connectivity index (χ1n) is 5.62. The summed E-state index contributed by atoms with van der Waals surface area (Å²) >= 11 is 5.77. The van der Waals surface area contributed by atoms with Crippen LogP contribution < -0.4 is 5.32 Å². The van der Waals surface area contributed by atoms with Gasteiger partial charge in [-0.15, -0.1) is 0 Å². The third-order valence-corrected chi connectivity index (χ3v) is 3.48. The van der Waals surface area contributed by atoms with Crippen molar-refractivity contribution in [3.05, 3.63) is 27.4 Å². The van der Waals surface area contributed by atoms with E-state index >= 15 is 0 Å². The van der Waals surface area contributed by atoms with Gasteiger partial charge in [-0.2, -0.15) is 0 Å². The quantitative estimate of drug-likeness (QED) is 0.519. The van der Waals surface area contributed by atoms with E-state index in [1.807, 2.05) is 13.8 Å². The highest BCUT2D eigenvalue weighted by Crippen LogP contribution is 2.30. The molecule has 2 heterocycles. The van der Waals surface area contributed by atoms with E-state index in [0.717, 1.165) is 6.42 Å². The molecular formula is C11H14ClN3O3. The molecule has 1 fully saturated rings. The Hall–Kier alpha value is -1.40. The fourth-order valence-corrected chi connectivity index (χ4v) is 2.15. The second-order valence-corrected chi connectivity index (χ2v) is 4.98. The largest absolute Gasteiger partial charge is 0.376 e. The van der Waals surface area contributed by atoms with Gasteiger partial charge in [-0.3, -0.25) is 10.1 Å². The van der Waals surface area contributed by atoms with Crippen LogP contribution in [0.2, 0.25) is 5.15 Å². The molecule has 0 bridgehead atoms. The zero-order chi connectivity index (χ0) is 13.3. The van der Waals surface area contributed by atoms with Crippen LogP contribution in [0.5, 0.6) is 0 Å². The van der Waals surface area contributed by atoms with Crippen LogP contribution in [0.4, 0.5) is 11.5 Å². The molecule has 2 unspecified atom stereocenters. The van der Waals surface area contributed by atoms with Gasteiger partial charge in [0.05, 0.1) is 28.7 Å². The van der Waals surface area contributed by atoms with Crippen LogP contribution in [0.25, 0.3) is 0 Å². The first kappa shape index (κ1) is 13.0. The normalized spacial score (nSPS) is 27.2. The maximum atomic E-state index is 10.8. The number of aromatic nitrogens is 1. The molecule has 98 valence electrons. The van der Waals surface area contributed by atoms with E-state index in [9.17, 15) is 10.1 Å². The molecule has 1 aromatic rings. The molecular weight excluding hydrogens is 258 g/mol. The number of nitrogens with zero attached hydrogens (tertiary/aromatic N) is 2. The van der Waals surface area contributed by atoms with E-state index in [1.165, 1.54) is 12.1 Å². The highest BCUT2D eigenvalue weighted by Gasteiger charge is 2.37. The molecule has 0 saturated carbocycles. The lowest BCUT2D eigenvalue weighted by Crippen LogP contribution is -2.41. The van der Waals surface area contributed by atoms with Gasteiger partial charge in [-0.1, -0.05) is 11.6 Å². The Morgan fingerprint density at radius 2 is 2.39 bits per heavy atom. The van der Waals surface area contributed by atoms with E-state index < -0.39 is 4.92 Å². The molecule has 0 amide bonds. The average Bonchev–Trinajstić information content (AvgIpc) is 2.58. The van der Waals surface area contributed by atoms with Gasteiger partial charge >= 0.3 is 0 Å². The maximum absolute atomic E-state index is 10.8. The lowest BCUT2D eigenvalue weighted by atomic mass is 9.95. The van der Waals surface area contributed by atoms with Crippen molar-refractivity contribution in [3.8, 4) is 0 Å². The lowest BCUT2D eigenvalue weighted by molar-refractivity contribution is -0.384. The summed E-state index contributed by atoms with van der Waals surface area (Å²) in [6, 6.07) is 2.60. The molecule has 1 aromatic heterocycles. The molecule has 0 radical (unpaired) electrons. The summed E-state index contributed by atoms with van der Waals surface area (Å²) in [6.45, 7) is 4.62. The molecule has 0 spiro atoms. The van der Waals surface area contributed by atoms with E-state index in [1.54, 1.807) is 0 Å². The summed E-state index contributed by atoms with van der Waals surface area (Å²) in [5, 5.41) is 14.0. The summed E-state index contributed by atoms with van der Waals surface area (Å²) in [7, 11) is 0. The van der Waals surface area contributed by atoms with Crippen LogP contribution >= 0.6 is 11.6 Å². The molecule has 7 heteroatoms. The zero-order valence-electron chi connectivity index (χ0n) is 10.1. The number of ether oxygens (including phenoxy) is 1. The summed E-state index contributed by atoms with van der Waals surface area (Å²) < 4.78 is 5.49. The topological polar surface area (TPSA) is 77.3 Å². The summed E-state index contributed by atoms with van der Waals surface area (Å²) in [4.78, 5) is 14.3. The number of rotatable bonds is 3. The smallest absolute Gasteiger partial charge is 0.276 e. The Morgan fingerprint density at radius 3 is 2.94 bits per heavy atom. The lowest BCUT2D eigenvalue weighted by Gasteiger charge is -2.29. The van der Waals surface area contributed by atoms with E-state index in [2.05, 4.69) is 10.3 Å². The molecule has 2 atom stereocenters. The molecule has 1 aliphatic rings. The Bertz CT molecular complexity index is 483. The Kier molecular flexibility index (Phi) is 3.41. The molecule has 6 nitrogen and oxygen atoms in total. The van der Waals surface area contributed by atoms with Crippen molar-refractivity contribution in [2.24, 2.45) is 0 Å². The van der Waals surface area contributed by atoms with Crippen molar-refractivity contribution in [2.75, 3.05) is 11.9 Å². The summed E-state index contributed by atoms with van der Waals surface area (Å²) in [5.41, 5.74) is -0.362. The maximum Gasteiger partial charge on any atom is 0.276 e. The van der Waals surface area contributed by atoms with Gasteiger partial charge in [0, 0.05) is 6.61 Å². The molecule has 1 aliphatic heterocycles. The third kappa shape index (κ3) is 2.54. The van der Waals surface area contributed by atoms with Crippen LogP contribution in [0.1, 0.15) is 20.3 Å². The molecule has 1 N–H and O–H groups in total. The van der Waals surface area contributed by atoms with Crippen molar-refractivity contribution in [1.82, 2.24) is 4.98 Å². The van der Waals surface area contributed by atoms with Gasteiger partial charge < -0.3 is 10.1 Å². The van der Waals surface area contributed by atoms with Crippen molar-refractivity contribution >= 4 is 23.1 Å². The second kappa shape index (κ2) is 4.70. The Morgan fingerprint density at radius 1 is 1.67 bits per heavy atom. The van der Waals surface area contributed by atoms with Gasteiger partial charge in [0.15, 0.2) is 0 Å². The third-order valence-electron chi connectivity index (χ3n) is 3.29. The zero-order valence-corrected chi connectivity index (χ0v) is 10.9. The van der Waals surface area contributed by atoms with Gasteiger partial charge in [-0.05, 0) is 20.3 Å². The van der Waals surface area contributed by atoms with Crippen LogP contribution in [0.3, 0.4) is 0 Å². The Balaban J connectivity index is 2.26. The average molecular weight is 272 g/mol. The van der Waals surface area contributed by atoms with Crippen molar-refractivity contribution in [3.63, 3.8) is 0 Å². The number of pyridine rings is 1. The van der Waals surface area contributed by atoms with E-state index in [-0.39, 0.29) is 22.5 Å². The minimum absolute atomic E-state index is 0.0114. The van der Waals surface area contributed by atoms with Gasteiger partial charge in [0.1, 0.15) is 11.0 Å². The summed E-state index contributed by atoms with van der Waals surface area (Å²) in [5.74, 6) is 0.397. The SMILES string of the molecule is CC1OCCC1(C)Nc1cc([N+](=O)[O-])cc(Cl)n1. The van der Waals surface area contributed by atoms with Crippen molar-refractivity contribution < 1.29 is 9.66 Å². The fraction of sp³-hybridized carbons (Fsp3) is 0.545. The second-order valence-electron chi connectivity index (χ2n) is 4.60. The van der Waals surface area contributed by atoms with E-state index in [0.29, 0.717) is 12.4 Å². The highest BCUT2D eigenvalue weighted by atomic mass is 35.5. The van der Waals surface area contributed by atoms with Gasteiger partial charge in [0.25, 0.3) is 5.69 Å². The van der Waals surface area contributed by atoms with Gasteiger partial charge in [0.2, 0.25) is 0 Å². The minimum Gasteiger partial charge on any atom is -0.376 e. The molecule has 2 rings (SSSR count). The van der Waals surface area contributed by atoms with Crippen LogP contribution in [0, 0.1) is 10.1 Å². The highest BCUT2D eigenvalue weighted by molar-refractivity contribution is 6.29. The Labute approximate surface area is 109 Å². The summed E-state index contributed by atoms with van der Waals surface area (Å²) in [6.07, 6.45) is 0.827. The molecule has 0 aliphatic carbocycles.